The van der Waals surface area contributed by atoms with Crippen molar-refractivity contribution in [2.24, 2.45) is 33.7 Å². The molecule has 5 fully saturated rings. The minimum Gasteiger partial charge on any atom is -0.487 e. The first kappa shape index (κ1) is 54.0. The summed E-state index contributed by atoms with van der Waals surface area (Å²) in [5, 5.41) is 13.5. The van der Waals surface area contributed by atoms with Gasteiger partial charge in [0.05, 0.1) is 34.7 Å². The van der Waals surface area contributed by atoms with Gasteiger partial charge in [0.2, 0.25) is 23.7 Å². The first-order valence-electron chi connectivity index (χ1n) is 25.3. The van der Waals surface area contributed by atoms with Gasteiger partial charge in [0.25, 0.3) is 15.9 Å². The van der Waals surface area contributed by atoms with Crippen LogP contribution in [0.3, 0.4) is 0 Å². The minimum atomic E-state index is -4.04. The Balaban J connectivity index is 0.786. The van der Waals surface area contributed by atoms with Crippen LogP contribution in [0.15, 0.2) is 34.2 Å². The topological polar surface area (TPSA) is 249 Å². The van der Waals surface area contributed by atoms with Gasteiger partial charge in [-0.3, -0.25) is 24.2 Å². The summed E-state index contributed by atoms with van der Waals surface area (Å²) in [5.74, 6) is -0.0567. The van der Waals surface area contributed by atoms with Crippen LogP contribution in [0.25, 0.3) is 0 Å². The molecule has 3 aliphatic carbocycles. The number of likely N-dealkylation sites (N-methyl/N-ethyl adjacent to an activating group) is 1. The van der Waals surface area contributed by atoms with Gasteiger partial charge < -0.3 is 50.6 Å². The molecule has 2 saturated heterocycles. The normalized spacial score (nSPS) is 25.9. The number of sulfonamides is 1. The highest BCUT2D eigenvalue weighted by atomic mass is 32.2. The van der Waals surface area contributed by atoms with E-state index >= 15 is 0 Å². The minimum absolute atomic E-state index is 0.0498. The summed E-state index contributed by atoms with van der Waals surface area (Å²) in [4.78, 5) is 62.3. The molecule has 0 radical (unpaired) electrons. The van der Waals surface area contributed by atoms with Crippen LogP contribution >= 0.6 is 0 Å². The molecule has 8 atom stereocenters. The number of nitrogens with one attached hydrogen (secondary N) is 2. The van der Waals surface area contributed by atoms with E-state index in [1.165, 1.54) is 0 Å². The molecule has 1 unspecified atom stereocenters. The van der Waals surface area contributed by atoms with E-state index in [9.17, 15) is 32.7 Å². The standard InChI is InChI=1S/C51H77BN8O10S/c1-29-30(2)44(31(3)37-26-49(5,6)68-43(29)37)71(66,67)57-48(54)55-21-14-15-38(53)47(65)58(10)22-13-12-16-42(62)59(11)27-33-17-19-34(20-18-33)45(63)56-32(4)46(64)60-28-36(61)25-41(60)52-69-40-24-35-23-39(50(35,7)8)51(40,9)70-52/h17-20,32,35-36,38-41,61H,12-16,21-28,53H2,1-11H3,(H,56,63)(H3,54,55,57)/t32-,35+,36+,38+,39+,40?,41+,51+/m1/s1. The van der Waals surface area contributed by atoms with Gasteiger partial charge in [-0.15, -0.1) is 0 Å². The molecule has 0 aromatic heterocycles. The Morgan fingerprint density at radius 3 is 2.34 bits per heavy atom. The molecule has 2 bridgehead atoms. The molecule has 2 aromatic carbocycles. The Morgan fingerprint density at radius 1 is 0.972 bits per heavy atom. The lowest BCUT2D eigenvalue weighted by Crippen LogP contribution is -2.65. The maximum Gasteiger partial charge on any atom is 0.482 e. The monoisotopic (exact) mass is 1000 g/mol. The van der Waals surface area contributed by atoms with Crippen molar-refractivity contribution in [1.82, 2.24) is 24.7 Å². The highest BCUT2D eigenvalue weighted by Gasteiger charge is 2.69. The molecular weight excluding hydrogens is 927 g/mol. The summed E-state index contributed by atoms with van der Waals surface area (Å²) < 4.78 is 48.7. The van der Waals surface area contributed by atoms with Crippen LogP contribution in [0.1, 0.15) is 131 Å². The van der Waals surface area contributed by atoms with E-state index in [1.54, 1.807) is 73.8 Å². The number of rotatable bonds is 18. The number of aliphatic imine (C=N–C) groups is 1. The Bertz CT molecular complexity index is 2520. The number of nitrogens with two attached hydrogens (primary N) is 2. The third-order valence-electron chi connectivity index (χ3n) is 16.2. The molecule has 390 valence electrons. The second-order valence-corrected chi connectivity index (χ2v) is 23.9. The number of benzene rings is 2. The molecule has 3 saturated carbocycles. The van der Waals surface area contributed by atoms with Crippen molar-refractivity contribution in [3.8, 4) is 5.75 Å². The molecular formula is C51H77BN8O10S. The van der Waals surface area contributed by atoms with E-state index in [2.05, 4.69) is 35.8 Å². The zero-order chi connectivity index (χ0) is 52.1. The Kier molecular flexibility index (Phi) is 15.7. The van der Waals surface area contributed by atoms with Gasteiger partial charge in [0, 0.05) is 64.2 Å². The van der Waals surface area contributed by atoms with Crippen molar-refractivity contribution in [2.45, 2.75) is 173 Å². The van der Waals surface area contributed by atoms with Crippen LogP contribution in [-0.2, 0) is 46.7 Å². The van der Waals surface area contributed by atoms with E-state index in [0.717, 1.165) is 35.3 Å². The number of unbranched alkanes of at least 4 members (excludes halogenated alkanes) is 1. The molecule has 7 N–H and O–H groups in total. The molecule has 3 aliphatic heterocycles. The molecule has 0 spiro atoms. The number of aliphatic hydroxyl groups excluding tert-OH is 1. The number of carbonyl (C=O) groups excluding carboxylic acids is 4. The zero-order valence-electron chi connectivity index (χ0n) is 43.6. The van der Waals surface area contributed by atoms with Crippen molar-refractivity contribution < 1.29 is 46.7 Å². The van der Waals surface area contributed by atoms with Crippen molar-refractivity contribution in [1.29, 1.82) is 0 Å². The first-order chi connectivity index (χ1) is 33.1. The summed E-state index contributed by atoms with van der Waals surface area (Å²) in [6.45, 7) is 18.7. The van der Waals surface area contributed by atoms with Crippen LogP contribution in [0.4, 0.5) is 0 Å². The van der Waals surface area contributed by atoms with E-state index < -0.39 is 58.4 Å². The average molecular weight is 1010 g/mol. The van der Waals surface area contributed by atoms with Gasteiger partial charge in [0.1, 0.15) is 17.4 Å². The molecule has 2 aromatic rings. The van der Waals surface area contributed by atoms with Gasteiger partial charge in [-0.1, -0.05) is 26.0 Å². The van der Waals surface area contributed by atoms with Crippen molar-refractivity contribution in [3.05, 3.63) is 57.6 Å². The predicted octanol–water partition coefficient (Wildman–Crippen LogP) is 3.66. The van der Waals surface area contributed by atoms with Crippen LogP contribution in [0, 0.1) is 38.0 Å². The van der Waals surface area contributed by atoms with Gasteiger partial charge >= 0.3 is 7.12 Å². The molecule has 18 nitrogen and oxygen atoms in total. The number of ether oxygens (including phenoxy) is 1. The predicted molar refractivity (Wildman–Crippen MR) is 271 cm³/mol. The number of hydrogen-bond donors (Lipinski definition) is 5. The lowest BCUT2D eigenvalue weighted by Gasteiger charge is -2.64. The SMILES string of the molecule is Cc1c(C)c(S(=O)(=O)NC(N)=NCCC[C@H](N)C(=O)N(C)CCCCC(=O)N(C)Cc2ccc(C(=O)N[C@H](C)C(=O)N3C[C@@H](O)C[C@H]3B3OC4C[C@@H]5C[C@@H](C5(C)C)[C@]4(C)O3)cc2)c(C)c2c1OC(C)(C)C2. The zero-order valence-corrected chi connectivity index (χ0v) is 44.4. The molecule has 71 heavy (non-hydrogen) atoms. The fraction of sp³-hybridized carbons (Fsp3) is 0.667. The van der Waals surface area contributed by atoms with E-state index in [4.69, 9.17) is 25.5 Å². The molecule has 20 heteroatoms. The molecule has 3 heterocycles. The van der Waals surface area contributed by atoms with Crippen molar-refractivity contribution in [2.75, 3.05) is 33.7 Å². The van der Waals surface area contributed by atoms with Gasteiger partial charge in [0.15, 0.2) is 0 Å². The van der Waals surface area contributed by atoms with Gasteiger partial charge in [-0.25, -0.2) is 13.1 Å². The maximum absolute atomic E-state index is 13.8. The van der Waals surface area contributed by atoms with Gasteiger partial charge in [-0.05, 0) is 145 Å². The highest BCUT2D eigenvalue weighted by molar-refractivity contribution is 7.90. The number of guanidine groups is 1. The lowest BCUT2D eigenvalue weighted by molar-refractivity contribution is -0.199. The summed E-state index contributed by atoms with van der Waals surface area (Å²) in [6.07, 6.45) is 4.34. The number of fused-ring (bicyclic) bond motifs is 1. The Labute approximate surface area is 420 Å². The molecule has 8 rings (SSSR count). The number of likely N-dealkylation sites (tertiary alicyclic amines) is 1. The molecule has 6 aliphatic rings. The van der Waals surface area contributed by atoms with E-state index in [0.29, 0.717) is 80.1 Å². The van der Waals surface area contributed by atoms with E-state index in [1.807, 2.05) is 20.8 Å². The van der Waals surface area contributed by atoms with E-state index in [-0.39, 0.29) is 59.6 Å². The summed E-state index contributed by atoms with van der Waals surface area (Å²) >= 11 is 0. The second-order valence-electron chi connectivity index (χ2n) is 22.3. The summed E-state index contributed by atoms with van der Waals surface area (Å²) in [6, 6.07) is 5.24. The van der Waals surface area contributed by atoms with Crippen LogP contribution in [0.2, 0.25) is 0 Å². The van der Waals surface area contributed by atoms with Crippen LogP contribution in [-0.4, -0.2) is 140 Å². The smallest absolute Gasteiger partial charge is 0.482 e. The Hall–Kier alpha value is -4.76. The van der Waals surface area contributed by atoms with Crippen LogP contribution < -0.4 is 26.2 Å². The number of amides is 4. The second kappa shape index (κ2) is 20.6. The third kappa shape index (κ3) is 11.1. The van der Waals surface area contributed by atoms with Crippen molar-refractivity contribution in [3.63, 3.8) is 0 Å². The quantitative estimate of drug-likeness (QED) is 0.0622. The highest BCUT2D eigenvalue weighted by Crippen LogP contribution is 2.66. The fourth-order valence-corrected chi connectivity index (χ4v) is 13.4. The largest absolute Gasteiger partial charge is 0.487 e. The van der Waals surface area contributed by atoms with Crippen LogP contribution in [0.5, 0.6) is 5.75 Å². The number of nitrogens with zero attached hydrogens (tertiary/aromatic N) is 4. The number of β-amino-alcohol motifs (C(OH)–C–C–N with tert-alkyl or cyclic N) is 1. The fourth-order valence-electron chi connectivity index (χ4n) is 11.8. The Morgan fingerprint density at radius 2 is 1.66 bits per heavy atom. The molecule has 4 amide bonds. The van der Waals surface area contributed by atoms with Gasteiger partial charge in [-0.2, -0.15) is 0 Å². The number of aliphatic hydroxyl groups is 1. The summed E-state index contributed by atoms with van der Waals surface area (Å²) in [7, 11) is -1.30. The number of hydrogen-bond acceptors (Lipinski definition) is 12. The number of carbonyl (C=O) groups is 4. The maximum atomic E-state index is 13.8. The first-order valence-corrected chi connectivity index (χ1v) is 26.7. The third-order valence-corrected chi connectivity index (χ3v) is 17.9. The lowest BCUT2D eigenvalue weighted by atomic mass is 9.43. The summed E-state index contributed by atoms with van der Waals surface area (Å²) in [5.41, 5.74) is 15.6. The van der Waals surface area contributed by atoms with Crippen molar-refractivity contribution >= 4 is 46.7 Å². The average Bonchev–Trinajstić information content (AvgIpc) is 3.98.